The van der Waals surface area contributed by atoms with Gasteiger partial charge >= 0.3 is 0 Å². The van der Waals surface area contributed by atoms with Crippen LogP contribution in [0.5, 0.6) is 0 Å². The molecule has 0 heterocycles. The highest BCUT2D eigenvalue weighted by Crippen LogP contribution is 2.25. The van der Waals surface area contributed by atoms with Gasteiger partial charge in [-0.1, -0.05) is 30.5 Å². The Balaban J connectivity index is 2.25. The summed E-state index contributed by atoms with van der Waals surface area (Å²) in [4.78, 5) is 0.203. The van der Waals surface area contributed by atoms with Crippen LogP contribution in [0.2, 0.25) is 0 Å². The zero-order chi connectivity index (χ0) is 13.2. The monoisotopic (exact) mass is 266 g/mol. The molecule has 4 nitrogen and oxygen atoms in total. The van der Waals surface area contributed by atoms with Crippen LogP contribution in [0.25, 0.3) is 0 Å². The Morgan fingerprint density at radius 3 is 2.33 bits per heavy atom. The molecule has 2 N–H and O–H groups in total. The number of benzene rings is 1. The quantitative estimate of drug-likeness (QED) is 0.673. The molecule has 98 valence electrons. The van der Waals surface area contributed by atoms with Crippen molar-refractivity contribution in [3.8, 4) is 0 Å². The van der Waals surface area contributed by atoms with Crippen LogP contribution >= 0.6 is 0 Å². The number of hydrogen-bond acceptors (Lipinski definition) is 2. The van der Waals surface area contributed by atoms with Gasteiger partial charge in [0, 0.05) is 5.92 Å². The van der Waals surface area contributed by atoms with Gasteiger partial charge in [-0.25, -0.2) is 0 Å². The Kier molecular flexibility index (Phi) is 3.71. The lowest BCUT2D eigenvalue weighted by Crippen LogP contribution is -2.23. The van der Waals surface area contributed by atoms with E-state index in [0.717, 1.165) is 31.2 Å². The Morgan fingerprint density at radius 1 is 1.22 bits per heavy atom. The molecule has 1 fully saturated rings. The predicted octanol–water partition coefficient (Wildman–Crippen LogP) is 2.23. The number of amidine groups is 1. The van der Waals surface area contributed by atoms with Crippen LogP contribution in [0, 0.1) is 12.8 Å². The summed E-state index contributed by atoms with van der Waals surface area (Å²) in [5.74, 6) is 0.387. The van der Waals surface area contributed by atoms with Crippen molar-refractivity contribution in [1.82, 2.24) is 0 Å². The van der Waals surface area contributed by atoms with Crippen LogP contribution < -0.4 is 5.73 Å². The zero-order valence-corrected chi connectivity index (χ0v) is 11.3. The number of nitrogens with two attached hydrogens (primary N) is 1. The molecule has 0 atom stereocenters. The molecular formula is C13H18N2O2S. The molecule has 0 radical (unpaired) electrons. The van der Waals surface area contributed by atoms with Crippen LogP contribution in [-0.4, -0.2) is 14.3 Å². The van der Waals surface area contributed by atoms with Crippen molar-refractivity contribution in [2.45, 2.75) is 37.5 Å². The lowest BCUT2D eigenvalue weighted by Gasteiger charge is -2.08. The van der Waals surface area contributed by atoms with Crippen molar-refractivity contribution in [3.63, 3.8) is 0 Å². The Hall–Kier alpha value is -1.36. The van der Waals surface area contributed by atoms with E-state index in [9.17, 15) is 8.42 Å². The second-order valence-electron chi connectivity index (χ2n) is 4.79. The summed E-state index contributed by atoms with van der Waals surface area (Å²) in [6.45, 7) is 1.91. The maximum absolute atomic E-state index is 12.0. The lowest BCUT2D eigenvalue weighted by molar-refractivity contribution is 0.597. The van der Waals surface area contributed by atoms with E-state index >= 15 is 0 Å². The number of nitrogens with zero attached hydrogens (tertiary/aromatic N) is 1. The summed E-state index contributed by atoms with van der Waals surface area (Å²) in [6, 6.07) is 6.65. The highest BCUT2D eigenvalue weighted by atomic mass is 32.2. The van der Waals surface area contributed by atoms with Crippen molar-refractivity contribution in [1.29, 1.82) is 0 Å². The minimum atomic E-state index is -3.65. The van der Waals surface area contributed by atoms with E-state index in [0.29, 0.717) is 0 Å². The summed E-state index contributed by atoms with van der Waals surface area (Å²) in [7, 11) is -3.65. The van der Waals surface area contributed by atoms with E-state index in [-0.39, 0.29) is 16.6 Å². The third kappa shape index (κ3) is 2.90. The molecule has 2 rings (SSSR count). The highest BCUT2D eigenvalue weighted by Gasteiger charge is 2.21. The summed E-state index contributed by atoms with van der Waals surface area (Å²) < 4.78 is 27.8. The Labute approximate surface area is 108 Å². The molecule has 1 aromatic rings. The lowest BCUT2D eigenvalue weighted by atomic mass is 10.1. The summed E-state index contributed by atoms with van der Waals surface area (Å²) >= 11 is 0. The minimum absolute atomic E-state index is 0.130. The smallest absolute Gasteiger partial charge is 0.283 e. The van der Waals surface area contributed by atoms with Gasteiger partial charge in [0.05, 0.1) is 4.90 Å². The van der Waals surface area contributed by atoms with E-state index in [1.54, 1.807) is 24.3 Å². The van der Waals surface area contributed by atoms with Crippen molar-refractivity contribution in [2.24, 2.45) is 16.0 Å². The molecule has 0 amide bonds. The van der Waals surface area contributed by atoms with Crippen LogP contribution in [0.15, 0.2) is 33.6 Å². The van der Waals surface area contributed by atoms with Crippen molar-refractivity contribution in [3.05, 3.63) is 29.8 Å². The van der Waals surface area contributed by atoms with Gasteiger partial charge in [-0.3, -0.25) is 0 Å². The first-order valence-corrected chi connectivity index (χ1v) is 7.60. The van der Waals surface area contributed by atoms with Gasteiger partial charge in [-0.05, 0) is 31.9 Å². The van der Waals surface area contributed by atoms with Gasteiger partial charge in [0.15, 0.2) is 0 Å². The number of sulfonamides is 1. The molecular weight excluding hydrogens is 248 g/mol. The fraction of sp³-hybridized carbons (Fsp3) is 0.462. The maximum atomic E-state index is 12.0. The normalized spacial score (nSPS) is 18.2. The van der Waals surface area contributed by atoms with Gasteiger partial charge in [-0.2, -0.15) is 8.42 Å². The van der Waals surface area contributed by atoms with Crippen LogP contribution in [-0.2, 0) is 10.0 Å². The van der Waals surface area contributed by atoms with Gasteiger partial charge in [0.25, 0.3) is 10.0 Å². The molecule has 0 bridgehead atoms. The fourth-order valence-electron chi connectivity index (χ4n) is 2.20. The molecule has 18 heavy (non-hydrogen) atoms. The summed E-state index contributed by atoms with van der Waals surface area (Å²) in [5.41, 5.74) is 6.82. The largest absolute Gasteiger partial charge is 0.386 e. The second-order valence-corrected chi connectivity index (χ2v) is 6.39. The standard InChI is InChI=1S/C13H18N2O2S/c1-10-6-8-12(9-7-10)18(16,17)15-13(14)11-4-2-3-5-11/h6-9,11H,2-5H2,1H3,(H2,14,15). The topological polar surface area (TPSA) is 72.5 Å². The summed E-state index contributed by atoms with van der Waals surface area (Å²) in [6.07, 6.45) is 4.09. The molecule has 0 saturated heterocycles. The first-order chi connectivity index (χ1) is 8.49. The van der Waals surface area contributed by atoms with Gasteiger partial charge in [0.2, 0.25) is 0 Å². The van der Waals surface area contributed by atoms with Crippen LogP contribution in [0.4, 0.5) is 0 Å². The molecule has 1 aliphatic carbocycles. The molecule has 1 aliphatic rings. The average molecular weight is 266 g/mol. The molecule has 0 unspecified atom stereocenters. The molecule has 5 heteroatoms. The summed E-state index contributed by atoms with van der Waals surface area (Å²) in [5, 5.41) is 0. The van der Waals surface area contributed by atoms with E-state index in [1.165, 1.54) is 0 Å². The average Bonchev–Trinajstić information content (AvgIpc) is 2.82. The molecule has 0 aliphatic heterocycles. The van der Waals surface area contributed by atoms with E-state index in [4.69, 9.17) is 5.73 Å². The van der Waals surface area contributed by atoms with E-state index < -0.39 is 10.0 Å². The first kappa shape index (κ1) is 13.1. The predicted molar refractivity (Wildman–Crippen MR) is 71.9 cm³/mol. The third-order valence-electron chi connectivity index (χ3n) is 3.32. The van der Waals surface area contributed by atoms with Crippen molar-refractivity contribution >= 4 is 15.9 Å². The molecule has 0 aromatic heterocycles. The highest BCUT2D eigenvalue weighted by molar-refractivity contribution is 7.90. The van der Waals surface area contributed by atoms with Gasteiger partial charge < -0.3 is 5.73 Å². The Bertz CT molecular complexity index is 541. The zero-order valence-electron chi connectivity index (χ0n) is 10.5. The molecule has 0 spiro atoms. The van der Waals surface area contributed by atoms with E-state index in [2.05, 4.69) is 4.40 Å². The van der Waals surface area contributed by atoms with Gasteiger partial charge in [-0.15, -0.1) is 4.40 Å². The Morgan fingerprint density at radius 2 is 1.78 bits per heavy atom. The minimum Gasteiger partial charge on any atom is -0.386 e. The number of aryl methyl sites for hydroxylation is 1. The molecule has 1 aromatic carbocycles. The SMILES string of the molecule is Cc1ccc(S(=O)(=O)N=C(N)C2CCCC2)cc1. The van der Waals surface area contributed by atoms with Crippen LogP contribution in [0.3, 0.4) is 0 Å². The van der Waals surface area contributed by atoms with Crippen LogP contribution in [0.1, 0.15) is 31.2 Å². The third-order valence-corrected chi connectivity index (χ3v) is 4.64. The first-order valence-electron chi connectivity index (χ1n) is 6.16. The number of hydrogen-bond donors (Lipinski definition) is 1. The fourth-order valence-corrected chi connectivity index (χ4v) is 3.21. The number of rotatable bonds is 3. The van der Waals surface area contributed by atoms with Crippen molar-refractivity contribution in [2.75, 3.05) is 0 Å². The second kappa shape index (κ2) is 5.10. The van der Waals surface area contributed by atoms with Gasteiger partial charge in [0.1, 0.15) is 5.84 Å². The van der Waals surface area contributed by atoms with Crippen molar-refractivity contribution < 1.29 is 8.42 Å². The molecule has 1 saturated carbocycles. The maximum Gasteiger partial charge on any atom is 0.283 e. The van der Waals surface area contributed by atoms with E-state index in [1.807, 2.05) is 6.92 Å².